The van der Waals surface area contributed by atoms with Crippen molar-refractivity contribution in [3.63, 3.8) is 0 Å². The van der Waals surface area contributed by atoms with Gasteiger partial charge in [-0.15, -0.1) is 0 Å². The fourth-order valence-corrected chi connectivity index (χ4v) is 0.968. The van der Waals surface area contributed by atoms with E-state index in [2.05, 4.69) is 11.0 Å². The van der Waals surface area contributed by atoms with E-state index in [4.69, 9.17) is 6.42 Å². The molecule has 0 radical (unpaired) electrons. The summed E-state index contributed by atoms with van der Waals surface area (Å²) < 4.78 is 1.75. The Hall–Kier alpha value is -1.23. The molecule has 0 saturated heterocycles. The number of aryl methyl sites for hydroxylation is 2. The number of nitrogens with zero attached hydrogens (tertiary/aromatic N) is 2. The maximum absolute atomic E-state index is 5.24. The van der Waals surface area contributed by atoms with E-state index in [9.17, 15) is 0 Å². The maximum Gasteiger partial charge on any atom is 0.117 e. The van der Waals surface area contributed by atoms with Gasteiger partial charge in [-0.05, 0) is 20.8 Å². The van der Waals surface area contributed by atoms with E-state index < -0.39 is 0 Å². The lowest BCUT2D eigenvalue weighted by Crippen LogP contribution is -1.93. The van der Waals surface area contributed by atoms with Crippen molar-refractivity contribution in [1.82, 2.24) is 9.55 Å². The van der Waals surface area contributed by atoms with Crippen LogP contribution in [0.2, 0.25) is 0 Å². The molecule has 0 aromatic carbocycles. The quantitative estimate of drug-likeness (QED) is 0.488. The van der Waals surface area contributed by atoms with Gasteiger partial charge in [-0.25, -0.2) is 4.98 Å². The Morgan fingerprint density at radius 3 is 2.20 bits per heavy atom. The highest BCUT2D eigenvalue weighted by atomic mass is 15.1. The third-order valence-corrected chi connectivity index (χ3v) is 1.64. The standard InChI is InChI=1S/C8H10N2/c1-5-10-7(3)6(2)9-8(10)4/h1H,2-4H3. The second kappa shape index (κ2) is 2.18. The molecule has 2 heteroatoms. The number of imidazole rings is 1. The molecule has 0 unspecified atom stereocenters. The van der Waals surface area contributed by atoms with Gasteiger partial charge in [-0.3, -0.25) is 4.57 Å². The van der Waals surface area contributed by atoms with E-state index >= 15 is 0 Å². The van der Waals surface area contributed by atoms with E-state index in [1.807, 2.05) is 20.8 Å². The first kappa shape index (κ1) is 6.88. The minimum atomic E-state index is 0.887. The van der Waals surface area contributed by atoms with Crippen LogP contribution in [-0.2, 0) is 0 Å². The van der Waals surface area contributed by atoms with Crippen LogP contribution in [0.15, 0.2) is 0 Å². The highest BCUT2D eigenvalue weighted by Gasteiger charge is 2.03. The summed E-state index contributed by atoms with van der Waals surface area (Å²) in [5, 5.41) is 0. The van der Waals surface area contributed by atoms with E-state index in [-0.39, 0.29) is 0 Å². The summed E-state index contributed by atoms with van der Waals surface area (Å²) in [5.41, 5.74) is 2.07. The number of aromatic nitrogens is 2. The molecule has 0 aliphatic carbocycles. The van der Waals surface area contributed by atoms with Gasteiger partial charge in [-0.1, -0.05) is 6.42 Å². The summed E-state index contributed by atoms with van der Waals surface area (Å²) in [6.45, 7) is 5.82. The zero-order valence-corrected chi connectivity index (χ0v) is 6.47. The van der Waals surface area contributed by atoms with Crippen molar-refractivity contribution < 1.29 is 0 Å². The van der Waals surface area contributed by atoms with Gasteiger partial charge in [0.15, 0.2) is 0 Å². The number of hydrogen-bond acceptors (Lipinski definition) is 1. The highest BCUT2D eigenvalue weighted by molar-refractivity contribution is 5.19. The molecule has 0 bridgehead atoms. The Morgan fingerprint density at radius 2 is 2.00 bits per heavy atom. The molecule has 0 aliphatic heterocycles. The fourth-order valence-electron chi connectivity index (χ4n) is 0.968. The average Bonchev–Trinajstić information content (AvgIpc) is 2.09. The topological polar surface area (TPSA) is 17.8 Å². The molecule has 0 N–H and O–H groups in total. The van der Waals surface area contributed by atoms with Gasteiger partial charge in [0.05, 0.1) is 11.4 Å². The van der Waals surface area contributed by atoms with Gasteiger partial charge >= 0.3 is 0 Å². The van der Waals surface area contributed by atoms with Gasteiger partial charge in [0.2, 0.25) is 0 Å². The third-order valence-electron chi connectivity index (χ3n) is 1.64. The van der Waals surface area contributed by atoms with Gasteiger partial charge in [0, 0.05) is 6.04 Å². The minimum absolute atomic E-state index is 0.887. The van der Waals surface area contributed by atoms with Crippen LogP contribution in [-0.4, -0.2) is 9.55 Å². The van der Waals surface area contributed by atoms with Crippen molar-refractivity contribution in [3.8, 4) is 12.5 Å². The monoisotopic (exact) mass is 134 g/mol. The van der Waals surface area contributed by atoms with Gasteiger partial charge in [0.25, 0.3) is 0 Å². The molecule has 1 heterocycles. The van der Waals surface area contributed by atoms with Crippen molar-refractivity contribution in [2.24, 2.45) is 0 Å². The third kappa shape index (κ3) is 0.801. The lowest BCUT2D eigenvalue weighted by molar-refractivity contribution is 0.979. The first-order chi connectivity index (χ1) is 4.66. The summed E-state index contributed by atoms with van der Waals surface area (Å²) in [6.07, 6.45) is 5.24. The van der Waals surface area contributed by atoms with Gasteiger partial charge in [0.1, 0.15) is 5.82 Å². The second-order valence-corrected chi connectivity index (χ2v) is 2.29. The zero-order chi connectivity index (χ0) is 7.72. The van der Waals surface area contributed by atoms with Crippen molar-refractivity contribution in [1.29, 1.82) is 0 Å². The highest BCUT2D eigenvalue weighted by Crippen LogP contribution is 2.06. The lowest BCUT2D eigenvalue weighted by atomic mass is 10.4. The number of terminal acetylenes is 1. The normalized spacial score (nSPS) is 9.40. The van der Waals surface area contributed by atoms with Crippen LogP contribution in [0.5, 0.6) is 0 Å². The molecule has 0 fully saturated rings. The van der Waals surface area contributed by atoms with E-state index in [0.717, 1.165) is 17.2 Å². The molecule has 0 atom stereocenters. The van der Waals surface area contributed by atoms with Gasteiger partial charge < -0.3 is 0 Å². The van der Waals surface area contributed by atoms with Crippen LogP contribution in [0.25, 0.3) is 0 Å². The Bertz CT molecular complexity index is 289. The summed E-state index contributed by atoms with van der Waals surface area (Å²) in [4.78, 5) is 4.20. The molecule has 1 aromatic heterocycles. The summed E-state index contributed by atoms with van der Waals surface area (Å²) in [6, 6.07) is 2.54. The molecular formula is C8H10N2. The smallest absolute Gasteiger partial charge is 0.117 e. The van der Waals surface area contributed by atoms with Gasteiger partial charge in [-0.2, -0.15) is 0 Å². The summed E-state index contributed by atoms with van der Waals surface area (Å²) in [5.74, 6) is 0.887. The Labute approximate surface area is 60.9 Å². The molecule has 0 spiro atoms. The second-order valence-electron chi connectivity index (χ2n) is 2.29. The zero-order valence-electron chi connectivity index (χ0n) is 6.47. The number of hydrogen-bond donors (Lipinski definition) is 0. The van der Waals surface area contributed by atoms with Crippen molar-refractivity contribution in [3.05, 3.63) is 17.2 Å². The molecule has 52 valence electrons. The SMILES string of the molecule is C#Cn1c(C)nc(C)c1C. The van der Waals surface area contributed by atoms with Crippen LogP contribution >= 0.6 is 0 Å². The van der Waals surface area contributed by atoms with E-state index in [0.29, 0.717) is 0 Å². The summed E-state index contributed by atoms with van der Waals surface area (Å²) in [7, 11) is 0. The van der Waals surface area contributed by atoms with Crippen LogP contribution < -0.4 is 0 Å². The molecule has 0 aliphatic rings. The van der Waals surface area contributed by atoms with Crippen molar-refractivity contribution >= 4 is 0 Å². The Morgan fingerprint density at radius 1 is 1.40 bits per heavy atom. The Balaban J connectivity index is 3.37. The first-order valence-corrected chi connectivity index (χ1v) is 3.16. The molecule has 0 saturated carbocycles. The predicted molar refractivity (Wildman–Crippen MR) is 40.7 cm³/mol. The average molecular weight is 134 g/mol. The lowest BCUT2D eigenvalue weighted by Gasteiger charge is -1.93. The van der Waals surface area contributed by atoms with Crippen LogP contribution in [0.1, 0.15) is 17.2 Å². The molecule has 1 aromatic rings. The fraction of sp³-hybridized carbons (Fsp3) is 0.375. The first-order valence-electron chi connectivity index (χ1n) is 3.16. The van der Waals surface area contributed by atoms with Crippen LogP contribution in [0, 0.1) is 33.2 Å². The predicted octanol–water partition coefficient (Wildman–Crippen LogP) is 1.25. The maximum atomic E-state index is 5.24. The molecule has 0 amide bonds. The van der Waals surface area contributed by atoms with E-state index in [1.165, 1.54) is 0 Å². The molecular weight excluding hydrogens is 124 g/mol. The minimum Gasteiger partial charge on any atom is -0.260 e. The molecule has 10 heavy (non-hydrogen) atoms. The van der Waals surface area contributed by atoms with Crippen molar-refractivity contribution in [2.75, 3.05) is 0 Å². The summed E-state index contributed by atoms with van der Waals surface area (Å²) >= 11 is 0. The Kier molecular flexibility index (Phi) is 1.50. The molecule has 2 nitrogen and oxygen atoms in total. The molecule has 1 rings (SSSR count). The van der Waals surface area contributed by atoms with Crippen molar-refractivity contribution in [2.45, 2.75) is 20.8 Å². The number of rotatable bonds is 0. The van der Waals surface area contributed by atoms with E-state index in [1.54, 1.807) is 4.57 Å². The largest absolute Gasteiger partial charge is 0.260 e. The van der Waals surface area contributed by atoms with Crippen LogP contribution in [0.4, 0.5) is 0 Å². The van der Waals surface area contributed by atoms with Crippen LogP contribution in [0.3, 0.4) is 0 Å².